The number of benzene rings is 1. The fraction of sp³-hybridized carbons (Fsp3) is 0.364. The van der Waals surface area contributed by atoms with E-state index in [1.165, 1.54) is 0 Å². The lowest BCUT2D eigenvalue weighted by Crippen LogP contribution is -2.10. The molecule has 12 heavy (non-hydrogen) atoms. The summed E-state index contributed by atoms with van der Waals surface area (Å²) in [5, 5.41) is 0. The number of hydrogen-bond acceptors (Lipinski definition) is 0. The molecule has 0 N–H and O–H groups in total. The van der Waals surface area contributed by atoms with Crippen LogP contribution in [0.2, 0.25) is 0 Å². The van der Waals surface area contributed by atoms with Gasteiger partial charge < -0.3 is 0 Å². The highest BCUT2D eigenvalue weighted by atomic mass is 14.6. The molecule has 0 fully saturated rings. The molecule has 1 aromatic rings. The van der Waals surface area contributed by atoms with Gasteiger partial charge in [0.25, 0.3) is 0 Å². The second-order valence-electron chi connectivity index (χ2n) is 3.88. The molecule has 0 aliphatic heterocycles. The van der Waals surface area contributed by atoms with E-state index in [9.17, 15) is 0 Å². The number of nitrogens with zero attached hydrogens (tertiary/aromatic N) is 1. The highest BCUT2D eigenvalue weighted by molar-refractivity contribution is 5.54. The molecule has 0 aliphatic carbocycles. The van der Waals surface area contributed by atoms with E-state index in [4.69, 9.17) is 6.57 Å². The van der Waals surface area contributed by atoms with Crippen LogP contribution in [0.25, 0.3) is 4.85 Å². The summed E-state index contributed by atoms with van der Waals surface area (Å²) in [7, 11) is 0. The van der Waals surface area contributed by atoms with Crippen molar-refractivity contribution in [2.45, 2.75) is 26.2 Å². The van der Waals surface area contributed by atoms with Gasteiger partial charge >= 0.3 is 0 Å². The molecule has 0 aromatic heterocycles. The zero-order valence-corrected chi connectivity index (χ0v) is 7.76. The maximum absolute atomic E-state index is 6.99. The van der Waals surface area contributed by atoms with Gasteiger partial charge in [-0.1, -0.05) is 45.0 Å². The monoisotopic (exact) mass is 159 g/mol. The number of rotatable bonds is 0. The first kappa shape index (κ1) is 8.80. The second-order valence-corrected chi connectivity index (χ2v) is 3.88. The molecule has 0 saturated heterocycles. The topological polar surface area (TPSA) is 4.36 Å². The molecular weight excluding hydrogens is 146 g/mol. The Morgan fingerprint density at radius 3 is 2.17 bits per heavy atom. The van der Waals surface area contributed by atoms with Gasteiger partial charge in [-0.05, 0) is 11.0 Å². The zero-order chi connectivity index (χ0) is 9.19. The molecule has 62 valence electrons. The molecule has 0 aliphatic rings. The van der Waals surface area contributed by atoms with Gasteiger partial charge in [-0.15, -0.1) is 0 Å². The molecule has 0 heterocycles. The molecular formula is C11H13N. The van der Waals surface area contributed by atoms with Crippen LogP contribution < -0.4 is 0 Å². The summed E-state index contributed by atoms with van der Waals surface area (Å²) in [5.74, 6) is 0. The van der Waals surface area contributed by atoms with Crippen molar-refractivity contribution in [1.82, 2.24) is 0 Å². The maximum atomic E-state index is 6.99. The van der Waals surface area contributed by atoms with Crippen LogP contribution in [0.5, 0.6) is 0 Å². The van der Waals surface area contributed by atoms with Crippen LogP contribution in [-0.2, 0) is 5.41 Å². The van der Waals surface area contributed by atoms with Gasteiger partial charge in [0.2, 0.25) is 0 Å². The van der Waals surface area contributed by atoms with Crippen LogP contribution in [0.1, 0.15) is 26.3 Å². The van der Waals surface area contributed by atoms with Crippen LogP contribution in [-0.4, -0.2) is 0 Å². The predicted molar refractivity (Wildman–Crippen MR) is 51.4 cm³/mol. The quantitative estimate of drug-likeness (QED) is 0.510. The third-order valence-corrected chi connectivity index (χ3v) is 1.83. The van der Waals surface area contributed by atoms with E-state index in [0.29, 0.717) is 0 Å². The lowest BCUT2D eigenvalue weighted by molar-refractivity contribution is 0.593. The fourth-order valence-corrected chi connectivity index (χ4v) is 1.21. The Hall–Kier alpha value is -1.29. The van der Waals surface area contributed by atoms with E-state index >= 15 is 0 Å². The molecule has 0 saturated carbocycles. The van der Waals surface area contributed by atoms with Crippen LogP contribution in [0.4, 0.5) is 5.69 Å². The van der Waals surface area contributed by atoms with Crippen molar-refractivity contribution >= 4 is 5.69 Å². The first-order valence-corrected chi connectivity index (χ1v) is 4.02. The average molecular weight is 159 g/mol. The Kier molecular flexibility index (Phi) is 2.19. The van der Waals surface area contributed by atoms with Crippen molar-refractivity contribution in [1.29, 1.82) is 0 Å². The van der Waals surface area contributed by atoms with Gasteiger partial charge in [-0.2, -0.15) is 0 Å². The smallest absolute Gasteiger partial charge is 0.190 e. The summed E-state index contributed by atoms with van der Waals surface area (Å²) in [5.41, 5.74) is 1.96. The van der Waals surface area contributed by atoms with Crippen LogP contribution in [0, 0.1) is 6.57 Å². The van der Waals surface area contributed by atoms with Crippen molar-refractivity contribution in [3.05, 3.63) is 41.2 Å². The SMILES string of the molecule is [C-]#[N+]c1ccccc1C(C)(C)C. The molecule has 0 spiro atoms. The van der Waals surface area contributed by atoms with E-state index in [2.05, 4.69) is 25.6 Å². The average Bonchev–Trinajstić information content (AvgIpc) is 2.03. The van der Waals surface area contributed by atoms with E-state index < -0.39 is 0 Å². The Morgan fingerprint density at radius 2 is 1.75 bits per heavy atom. The largest absolute Gasteiger partial charge is 0.238 e. The van der Waals surface area contributed by atoms with Gasteiger partial charge in [0, 0.05) is 0 Å². The molecule has 0 atom stereocenters. The first-order chi connectivity index (χ1) is 5.55. The van der Waals surface area contributed by atoms with Crippen LogP contribution in [0.15, 0.2) is 24.3 Å². The number of para-hydroxylation sites is 1. The minimum atomic E-state index is 0.0706. The highest BCUT2D eigenvalue weighted by Gasteiger charge is 2.16. The van der Waals surface area contributed by atoms with E-state index in [-0.39, 0.29) is 5.41 Å². The van der Waals surface area contributed by atoms with Crippen molar-refractivity contribution in [3.8, 4) is 0 Å². The molecule has 0 radical (unpaired) electrons. The summed E-state index contributed by atoms with van der Waals surface area (Å²) in [6.07, 6.45) is 0. The lowest BCUT2D eigenvalue weighted by Gasteiger charge is -2.20. The molecule has 0 unspecified atom stereocenters. The van der Waals surface area contributed by atoms with Gasteiger partial charge in [-0.25, -0.2) is 4.85 Å². The first-order valence-electron chi connectivity index (χ1n) is 4.02. The summed E-state index contributed by atoms with van der Waals surface area (Å²) in [4.78, 5) is 3.49. The van der Waals surface area contributed by atoms with Gasteiger partial charge in [0.15, 0.2) is 5.69 Å². The third-order valence-electron chi connectivity index (χ3n) is 1.83. The Labute approximate surface area is 73.9 Å². The molecule has 1 aromatic carbocycles. The van der Waals surface area contributed by atoms with E-state index in [1.807, 2.05) is 24.3 Å². The van der Waals surface area contributed by atoms with Crippen LogP contribution >= 0.6 is 0 Å². The Morgan fingerprint density at radius 1 is 1.17 bits per heavy atom. The Bertz CT molecular complexity index is 313. The summed E-state index contributed by atoms with van der Waals surface area (Å²) < 4.78 is 0. The lowest BCUT2D eigenvalue weighted by atomic mass is 9.86. The standard InChI is InChI=1S/C11H13N/c1-11(2,3)9-7-5-6-8-10(9)12-4/h5-8H,1-3H3. The van der Waals surface area contributed by atoms with Crippen molar-refractivity contribution < 1.29 is 0 Å². The minimum Gasteiger partial charge on any atom is -0.238 e. The van der Waals surface area contributed by atoms with Crippen molar-refractivity contribution in [2.75, 3.05) is 0 Å². The molecule has 1 nitrogen and oxygen atoms in total. The minimum absolute atomic E-state index is 0.0706. The van der Waals surface area contributed by atoms with Crippen molar-refractivity contribution in [3.63, 3.8) is 0 Å². The number of hydrogen-bond donors (Lipinski definition) is 0. The zero-order valence-electron chi connectivity index (χ0n) is 7.76. The van der Waals surface area contributed by atoms with E-state index in [1.54, 1.807) is 0 Å². The Balaban J connectivity index is 3.26. The van der Waals surface area contributed by atoms with Crippen molar-refractivity contribution in [2.24, 2.45) is 0 Å². The molecule has 0 amide bonds. The maximum Gasteiger partial charge on any atom is 0.190 e. The second kappa shape index (κ2) is 2.98. The molecule has 0 bridgehead atoms. The van der Waals surface area contributed by atoms with Gasteiger partial charge in [0.05, 0.1) is 6.57 Å². The summed E-state index contributed by atoms with van der Waals surface area (Å²) in [6, 6.07) is 7.78. The predicted octanol–water partition coefficient (Wildman–Crippen LogP) is 3.53. The summed E-state index contributed by atoms with van der Waals surface area (Å²) in [6.45, 7) is 13.4. The normalized spacial score (nSPS) is 10.8. The summed E-state index contributed by atoms with van der Waals surface area (Å²) >= 11 is 0. The third kappa shape index (κ3) is 1.65. The highest BCUT2D eigenvalue weighted by Crippen LogP contribution is 2.30. The van der Waals surface area contributed by atoms with E-state index in [0.717, 1.165) is 11.3 Å². The molecule has 1 heteroatoms. The molecule has 1 rings (SSSR count). The van der Waals surface area contributed by atoms with Crippen LogP contribution in [0.3, 0.4) is 0 Å². The van der Waals surface area contributed by atoms with Gasteiger partial charge in [-0.3, -0.25) is 0 Å². The van der Waals surface area contributed by atoms with Gasteiger partial charge in [0.1, 0.15) is 0 Å². The fourth-order valence-electron chi connectivity index (χ4n) is 1.21.